The molecule has 3 aromatic rings. The third kappa shape index (κ3) is 8.64. The molecule has 214 valence electrons. The molecule has 0 fully saturated rings. The SMILES string of the molecule is CN(C)S(=O)(=O)N(CC(=O)N(Cc1cccc(Br)c1)[C@@H](Cc1ccccc1)C(=O)NC(C)(C)C)c1ccccc1. The summed E-state index contributed by atoms with van der Waals surface area (Å²) in [5, 5.41) is 3.02. The van der Waals surface area contributed by atoms with Gasteiger partial charge in [0, 0.05) is 37.1 Å². The zero-order valence-corrected chi connectivity index (χ0v) is 25.9. The molecule has 3 aromatic carbocycles. The van der Waals surface area contributed by atoms with E-state index in [0.29, 0.717) is 5.69 Å². The summed E-state index contributed by atoms with van der Waals surface area (Å²) in [4.78, 5) is 29.5. The van der Waals surface area contributed by atoms with E-state index in [4.69, 9.17) is 0 Å². The number of nitrogens with zero attached hydrogens (tertiary/aromatic N) is 3. The van der Waals surface area contributed by atoms with Crippen molar-refractivity contribution in [1.82, 2.24) is 14.5 Å². The first-order valence-corrected chi connectivity index (χ1v) is 15.1. The maximum absolute atomic E-state index is 14.2. The number of para-hydroxylation sites is 1. The fourth-order valence-electron chi connectivity index (χ4n) is 4.15. The van der Waals surface area contributed by atoms with Crippen LogP contribution in [0, 0.1) is 0 Å². The number of carbonyl (C=O) groups excluding carboxylic acids is 2. The van der Waals surface area contributed by atoms with E-state index in [9.17, 15) is 18.0 Å². The molecule has 0 saturated carbocycles. The lowest BCUT2D eigenvalue weighted by atomic mass is 10.0. The van der Waals surface area contributed by atoms with E-state index in [0.717, 1.165) is 24.2 Å². The average Bonchev–Trinajstić information content (AvgIpc) is 2.89. The predicted molar refractivity (Wildman–Crippen MR) is 163 cm³/mol. The second-order valence-corrected chi connectivity index (χ2v) is 13.7. The van der Waals surface area contributed by atoms with Crippen molar-refractivity contribution in [3.05, 3.63) is 101 Å². The van der Waals surface area contributed by atoms with E-state index in [2.05, 4.69) is 21.2 Å². The van der Waals surface area contributed by atoms with E-state index in [1.807, 2.05) is 75.4 Å². The first kappa shape index (κ1) is 31.3. The van der Waals surface area contributed by atoms with Crippen LogP contribution in [0.1, 0.15) is 31.9 Å². The summed E-state index contributed by atoms with van der Waals surface area (Å²) in [7, 11) is -1.18. The molecule has 0 heterocycles. The van der Waals surface area contributed by atoms with Crippen molar-refractivity contribution < 1.29 is 18.0 Å². The van der Waals surface area contributed by atoms with E-state index in [-0.39, 0.29) is 18.9 Å². The monoisotopic (exact) mass is 628 g/mol. The van der Waals surface area contributed by atoms with Gasteiger partial charge >= 0.3 is 10.2 Å². The number of carbonyl (C=O) groups is 2. The molecule has 0 spiro atoms. The molecule has 3 rings (SSSR count). The van der Waals surface area contributed by atoms with Crippen LogP contribution >= 0.6 is 15.9 Å². The number of hydrogen-bond donors (Lipinski definition) is 1. The van der Waals surface area contributed by atoms with E-state index < -0.39 is 34.2 Å². The number of benzene rings is 3. The minimum Gasteiger partial charge on any atom is -0.350 e. The molecule has 0 aromatic heterocycles. The van der Waals surface area contributed by atoms with Crippen LogP contribution in [-0.4, -0.2) is 61.7 Å². The van der Waals surface area contributed by atoms with Gasteiger partial charge in [0.25, 0.3) is 0 Å². The number of rotatable bonds is 11. The molecule has 0 aliphatic heterocycles. The van der Waals surface area contributed by atoms with E-state index in [1.165, 1.54) is 19.0 Å². The Labute approximate surface area is 246 Å². The van der Waals surface area contributed by atoms with Crippen molar-refractivity contribution in [3.63, 3.8) is 0 Å². The van der Waals surface area contributed by atoms with Crippen LogP contribution < -0.4 is 9.62 Å². The Morgan fingerprint density at radius 3 is 2.00 bits per heavy atom. The molecule has 0 aliphatic carbocycles. The fraction of sp³-hybridized carbons (Fsp3) is 0.333. The van der Waals surface area contributed by atoms with Crippen molar-refractivity contribution in [3.8, 4) is 0 Å². The van der Waals surface area contributed by atoms with Gasteiger partial charge in [0.1, 0.15) is 12.6 Å². The number of nitrogens with one attached hydrogen (secondary N) is 1. The quantitative estimate of drug-likeness (QED) is 0.336. The van der Waals surface area contributed by atoms with Crippen molar-refractivity contribution in [2.45, 2.75) is 45.3 Å². The summed E-state index contributed by atoms with van der Waals surface area (Å²) >= 11 is 3.49. The summed E-state index contributed by atoms with van der Waals surface area (Å²) in [6, 6.07) is 24.6. The Morgan fingerprint density at radius 1 is 0.875 bits per heavy atom. The molecule has 0 aliphatic rings. The molecule has 0 unspecified atom stereocenters. The normalized spacial score (nSPS) is 12.6. The Bertz CT molecular complexity index is 1390. The molecule has 1 atom stereocenters. The van der Waals surface area contributed by atoms with E-state index >= 15 is 0 Å². The van der Waals surface area contributed by atoms with Gasteiger partial charge in [0.05, 0.1) is 5.69 Å². The molecule has 2 amide bonds. The number of hydrogen-bond acceptors (Lipinski definition) is 4. The van der Waals surface area contributed by atoms with Crippen LogP contribution in [0.15, 0.2) is 89.4 Å². The average molecular weight is 630 g/mol. The Morgan fingerprint density at radius 2 is 1.45 bits per heavy atom. The summed E-state index contributed by atoms with van der Waals surface area (Å²) in [5.74, 6) is -0.819. The van der Waals surface area contributed by atoms with Gasteiger partial charge in [-0.25, -0.2) is 4.31 Å². The maximum atomic E-state index is 14.2. The first-order valence-electron chi connectivity index (χ1n) is 12.9. The number of amides is 2. The van der Waals surface area contributed by atoms with Gasteiger partial charge in [-0.3, -0.25) is 9.59 Å². The highest BCUT2D eigenvalue weighted by atomic mass is 79.9. The molecule has 8 nitrogen and oxygen atoms in total. The van der Waals surface area contributed by atoms with Crippen molar-refractivity contribution in [2.75, 3.05) is 24.9 Å². The third-order valence-electron chi connectivity index (χ3n) is 6.07. The van der Waals surface area contributed by atoms with Gasteiger partial charge in [-0.2, -0.15) is 12.7 Å². The molecule has 0 saturated heterocycles. The molecule has 10 heteroatoms. The van der Waals surface area contributed by atoms with Gasteiger partial charge < -0.3 is 10.2 Å². The number of halogens is 1. The summed E-state index contributed by atoms with van der Waals surface area (Å²) in [6.07, 6.45) is 0.258. The standard InChI is InChI=1S/C30H37BrN4O4S/c1-30(2,3)32-29(37)27(20-23-13-8-6-9-14-23)34(21-24-15-12-16-25(31)19-24)28(36)22-35(40(38,39)33(4)5)26-17-10-7-11-18-26/h6-19,27H,20-22H2,1-5H3,(H,32,37)/t27-/m0/s1. The molecular formula is C30H37BrN4O4S. The highest BCUT2D eigenvalue weighted by Crippen LogP contribution is 2.22. The third-order valence-corrected chi connectivity index (χ3v) is 8.39. The zero-order valence-electron chi connectivity index (χ0n) is 23.5. The Kier molecular flexibility index (Phi) is 10.5. The summed E-state index contributed by atoms with van der Waals surface area (Å²) in [6.45, 7) is 5.27. The highest BCUT2D eigenvalue weighted by molar-refractivity contribution is 9.10. The van der Waals surface area contributed by atoms with E-state index in [1.54, 1.807) is 30.3 Å². The Balaban J connectivity index is 2.10. The lowest BCUT2D eigenvalue weighted by molar-refractivity contribution is -0.140. The molecule has 1 N–H and O–H groups in total. The van der Waals surface area contributed by atoms with Crippen LogP contribution in [-0.2, 0) is 32.8 Å². The number of anilines is 1. The second kappa shape index (κ2) is 13.4. The summed E-state index contributed by atoms with van der Waals surface area (Å²) < 4.78 is 29.7. The molecule has 0 bridgehead atoms. The molecule has 0 radical (unpaired) electrons. The lowest BCUT2D eigenvalue weighted by Gasteiger charge is -2.35. The van der Waals surface area contributed by atoms with Crippen molar-refractivity contribution in [2.24, 2.45) is 0 Å². The zero-order chi connectivity index (χ0) is 29.5. The van der Waals surface area contributed by atoms with Crippen LogP contribution in [0.2, 0.25) is 0 Å². The van der Waals surface area contributed by atoms with Crippen molar-refractivity contribution in [1.29, 1.82) is 0 Å². The fourth-order valence-corrected chi connectivity index (χ4v) is 5.65. The van der Waals surface area contributed by atoms with Crippen LogP contribution in [0.4, 0.5) is 5.69 Å². The largest absolute Gasteiger partial charge is 0.350 e. The van der Waals surface area contributed by atoms with Gasteiger partial charge in [0.2, 0.25) is 11.8 Å². The summed E-state index contributed by atoms with van der Waals surface area (Å²) in [5.41, 5.74) is 1.49. The smallest absolute Gasteiger partial charge is 0.304 e. The van der Waals surface area contributed by atoms with Crippen LogP contribution in [0.5, 0.6) is 0 Å². The van der Waals surface area contributed by atoms with Crippen LogP contribution in [0.25, 0.3) is 0 Å². The predicted octanol–water partition coefficient (Wildman–Crippen LogP) is 4.62. The molecule has 40 heavy (non-hydrogen) atoms. The lowest BCUT2D eigenvalue weighted by Crippen LogP contribution is -2.56. The first-order chi connectivity index (χ1) is 18.8. The van der Waals surface area contributed by atoms with Gasteiger partial charge in [-0.1, -0.05) is 76.6 Å². The molecular weight excluding hydrogens is 592 g/mol. The minimum atomic E-state index is -4.02. The van der Waals surface area contributed by atoms with Gasteiger partial charge in [0.15, 0.2) is 0 Å². The Hall–Kier alpha value is -3.21. The topological polar surface area (TPSA) is 90.0 Å². The van der Waals surface area contributed by atoms with Gasteiger partial charge in [-0.15, -0.1) is 0 Å². The highest BCUT2D eigenvalue weighted by Gasteiger charge is 2.35. The van der Waals surface area contributed by atoms with Gasteiger partial charge in [-0.05, 0) is 56.2 Å². The maximum Gasteiger partial charge on any atom is 0.304 e. The van der Waals surface area contributed by atoms with Crippen molar-refractivity contribution >= 4 is 43.6 Å². The van der Waals surface area contributed by atoms with Crippen LogP contribution in [0.3, 0.4) is 0 Å². The second-order valence-electron chi connectivity index (χ2n) is 10.7. The minimum absolute atomic E-state index is 0.109.